The normalized spacial score (nSPS) is 10.2. The van der Waals surface area contributed by atoms with Crippen molar-refractivity contribution in [3.63, 3.8) is 0 Å². The molecule has 0 spiro atoms. The summed E-state index contributed by atoms with van der Waals surface area (Å²) in [7, 11) is 0. The van der Waals surface area contributed by atoms with Gasteiger partial charge in [0.05, 0.1) is 18.7 Å². The summed E-state index contributed by atoms with van der Waals surface area (Å²) in [6.45, 7) is 2.99. The third-order valence-electron chi connectivity index (χ3n) is 3.08. The van der Waals surface area contributed by atoms with Crippen LogP contribution < -0.4 is 15.8 Å². The number of benzene rings is 2. The second kappa shape index (κ2) is 7.45. The van der Waals surface area contributed by atoms with E-state index in [9.17, 15) is 4.79 Å². The Balaban J connectivity index is 2.01. The lowest BCUT2D eigenvalue weighted by atomic mass is 10.1. The van der Waals surface area contributed by atoms with Crippen molar-refractivity contribution in [3.05, 3.63) is 59.7 Å². The topological polar surface area (TPSA) is 64.3 Å². The molecule has 2 aromatic carbocycles. The SMILES string of the molecule is CCOc1ccccc1NC(=O)Cc1ccc(CN)cc1. The van der Waals surface area contributed by atoms with Crippen molar-refractivity contribution in [1.82, 2.24) is 0 Å². The van der Waals surface area contributed by atoms with Crippen molar-refractivity contribution in [1.29, 1.82) is 0 Å². The van der Waals surface area contributed by atoms with Crippen LogP contribution in [0.3, 0.4) is 0 Å². The second-order valence-electron chi connectivity index (χ2n) is 4.67. The molecule has 0 atom stereocenters. The van der Waals surface area contributed by atoms with E-state index in [4.69, 9.17) is 10.5 Å². The summed E-state index contributed by atoms with van der Waals surface area (Å²) in [6.07, 6.45) is 0.325. The molecule has 2 rings (SSSR count). The van der Waals surface area contributed by atoms with E-state index in [1.807, 2.05) is 55.5 Å². The monoisotopic (exact) mass is 284 g/mol. The molecule has 0 saturated heterocycles. The number of carbonyl (C=O) groups is 1. The summed E-state index contributed by atoms with van der Waals surface area (Å²) < 4.78 is 5.49. The summed E-state index contributed by atoms with van der Waals surface area (Å²) in [5.41, 5.74) is 8.27. The van der Waals surface area contributed by atoms with Gasteiger partial charge in [-0.3, -0.25) is 4.79 Å². The van der Waals surface area contributed by atoms with E-state index in [1.54, 1.807) is 0 Å². The van der Waals surface area contributed by atoms with Gasteiger partial charge in [0.25, 0.3) is 0 Å². The first-order chi connectivity index (χ1) is 10.2. The smallest absolute Gasteiger partial charge is 0.228 e. The minimum absolute atomic E-state index is 0.0670. The Kier molecular flexibility index (Phi) is 5.35. The average molecular weight is 284 g/mol. The Morgan fingerprint density at radius 3 is 2.43 bits per heavy atom. The fourth-order valence-electron chi connectivity index (χ4n) is 2.02. The lowest BCUT2D eigenvalue weighted by molar-refractivity contribution is -0.115. The highest BCUT2D eigenvalue weighted by Gasteiger charge is 2.08. The highest BCUT2D eigenvalue weighted by Crippen LogP contribution is 2.23. The molecular weight excluding hydrogens is 264 g/mol. The molecule has 0 aliphatic heterocycles. The largest absolute Gasteiger partial charge is 0.492 e. The number of amides is 1. The van der Waals surface area contributed by atoms with Gasteiger partial charge in [0.2, 0.25) is 5.91 Å². The molecule has 0 aromatic heterocycles. The first kappa shape index (κ1) is 15.1. The minimum Gasteiger partial charge on any atom is -0.492 e. The van der Waals surface area contributed by atoms with Gasteiger partial charge in [-0.1, -0.05) is 36.4 Å². The van der Waals surface area contributed by atoms with Gasteiger partial charge in [0, 0.05) is 6.54 Å². The van der Waals surface area contributed by atoms with E-state index < -0.39 is 0 Å². The van der Waals surface area contributed by atoms with Gasteiger partial charge in [0.1, 0.15) is 5.75 Å². The van der Waals surface area contributed by atoms with Gasteiger partial charge in [-0.15, -0.1) is 0 Å². The molecule has 1 amide bonds. The Bertz CT molecular complexity index is 594. The summed E-state index contributed by atoms with van der Waals surface area (Å²) in [6, 6.07) is 15.2. The minimum atomic E-state index is -0.0670. The summed E-state index contributed by atoms with van der Waals surface area (Å²) in [5.74, 6) is 0.620. The molecule has 2 aromatic rings. The molecule has 0 aliphatic rings. The van der Waals surface area contributed by atoms with Gasteiger partial charge < -0.3 is 15.8 Å². The van der Waals surface area contributed by atoms with Crippen LogP contribution in [0.15, 0.2) is 48.5 Å². The van der Waals surface area contributed by atoms with Crippen LogP contribution >= 0.6 is 0 Å². The molecular formula is C17H20N2O2. The fourth-order valence-corrected chi connectivity index (χ4v) is 2.02. The summed E-state index contributed by atoms with van der Waals surface area (Å²) >= 11 is 0. The Morgan fingerprint density at radius 2 is 1.76 bits per heavy atom. The van der Waals surface area contributed by atoms with E-state index in [0.29, 0.717) is 31.0 Å². The van der Waals surface area contributed by atoms with Gasteiger partial charge in [-0.05, 0) is 30.2 Å². The zero-order chi connectivity index (χ0) is 15.1. The molecule has 0 heterocycles. The first-order valence-electron chi connectivity index (χ1n) is 7.02. The number of nitrogens with one attached hydrogen (secondary N) is 1. The molecule has 4 nitrogen and oxygen atoms in total. The number of carbonyl (C=O) groups excluding carboxylic acids is 1. The molecule has 21 heavy (non-hydrogen) atoms. The van der Waals surface area contributed by atoms with Gasteiger partial charge in [-0.25, -0.2) is 0 Å². The van der Waals surface area contributed by atoms with Crippen molar-refractivity contribution < 1.29 is 9.53 Å². The summed E-state index contributed by atoms with van der Waals surface area (Å²) in [5, 5.41) is 2.88. The third-order valence-corrected chi connectivity index (χ3v) is 3.08. The van der Waals surface area contributed by atoms with E-state index >= 15 is 0 Å². The highest BCUT2D eigenvalue weighted by molar-refractivity contribution is 5.93. The van der Waals surface area contributed by atoms with Gasteiger partial charge >= 0.3 is 0 Å². The lowest BCUT2D eigenvalue weighted by Crippen LogP contribution is -2.15. The van der Waals surface area contributed by atoms with E-state index in [-0.39, 0.29) is 5.91 Å². The number of hydrogen-bond acceptors (Lipinski definition) is 3. The fraction of sp³-hybridized carbons (Fsp3) is 0.235. The van der Waals surface area contributed by atoms with Crippen LogP contribution in [-0.4, -0.2) is 12.5 Å². The molecule has 0 aliphatic carbocycles. The molecule has 3 N–H and O–H groups in total. The molecule has 0 saturated carbocycles. The van der Waals surface area contributed by atoms with Gasteiger partial charge in [-0.2, -0.15) is 0 Å². The standard InChI is InChI=1S/C17H20N2O2/c1-2-21-16-6-4-3-5-15(16)19-17(20)11-13-7-9-14(12-18)10-8-13/h3-10H,2,11-12,18H2,1H3,(H,19,20). The number of anilines is 1. The first-order valence-corrected chi connectivity index (χ1v) is 7.02. The number of nitrogens with two attached hydrogens (primary N) is 1. The van der Waals surface area contributed by atoms with Crippen LogP contribution in [0.5, 0.6) is 5.75 Å². The molecule has 0 radical (unpaired) electrons. The molecule has 0 bridgehead atoms. The van der Waals surface area contributed by atoms with Crippen molar-refractivity contribution in [2.24, 2.45) is 5.73 Å². The van der Waals surface area contributed by atoms with Gasteiger partial charge in [0.15, 0.2) is 0 Å². The van der Waals surface area contributed by atoms with Crippen LogP contribution in [0, 0.1) is 0 Å². The van der Waals surface area contributed by atoms with Crippen molar-refractivity contribution >= 4 is 11.6 Å². The van der Waals surface area contributed by atoms with Crippen LogP contribution in [0.25, 0.3) is 0 Å². The quantitative estimate of drug-likeness (QED) is 0.857. The second-order valence-corrected chi connectivity index (χ2v) is 4.67. The molecule has 0 fully saturated rings. The Labute approximate surface area is 124 Å². The zero-order valence-electron chi connectivity index (χ0n) is 12.1. The Hall–Kier alpha value is -2.33. The van der Waals surface area contributed by atoms with Crippen molar-refractivity contribution in [3.8, 4) is 5.75 Å². The number of hydrogen-bond donors (Lipinski definition) is 2. The van der Waals surface area contributed by atoms with E-state index in [2.05, 4.69) is 5.32 Å². The lowest BCUT2D eigenvalue weighted by Gasteiger charge is -2.11. The maximum absolute atomic E-state index is 12.1. The van der Waals surface area contributed by atoms with Crippen molar-refractivity contribution in [2.45, 2.75) is 19.9 Å². The van der Waals surface area contributed by atoms with Crippen LogP contribution in [-0.2, 0) is 17.8 Å². The van der Waals surface area contributed by atoms with Crippen LogP contribution in [0.4, 0.5) is 5.69 Å². The average Bonchev–Trinajstić information content (AvgIpc) is 2.50. The maximum Gasteiger partial charge on any atom is 0.228 e. The number of rotatable bonds is 6. The maximum atomic E-state index is 12.1. The molecule has 0 unspecified atom stereocenters. The molecule has 110 valence electrons. The number of para-hydroxylation sites is 2. The molecule has 4 heteroatoms. The van der Waals surface area contributed by atoms with Crippen molar-refractivity contribution in [2.75, 3.05) is 11.9 Å². The van der Waals surface area contributed by atoms with Crippen LogP contribution in [0.2, 0.25) is 0 Å². The zero-order valence-corrected chi connectivity index (χ0v) is 12.1. The predicted molar refractivity (Wildman–Crippen MR) is 84.3 cm³/mol. The number of ether oxygens (including phenoxy) is 1. The summed E-state index contributed by atoms with van der Waals surface area (Å²) in [4.78, 5) is 12.1. The van der Waals surface area contributed by atoms with E-state index in [1.165, 1.54) is 0 Å². The highest BCUT2D eigenvalue weighted by atomic mass is 16.5. The predicted octanol–water partition coefficient (Wildman–Crippen LogP) is 2.73. The van der Waals surface area contributed by atoms with Crippen LogP contribution in [0.1, 0.15) is 18.1 Å². The van der Waals surface area contributed by atoms with E-state index in [0.717, 1.165) is 11.1 Å². The Morgan fingerprint density at radius 1 is 1.10 bits per heavy atom. The third kappa shape index (κ3) is 4.33.